The van der Waals surface area contributed by atoms with Crippen LogP contribution in [0.1, 0.15) is 47.3 Å². The molecule has 1 atom stereocenters. The van der Waals surface area contributed by atoms with Crippen molar-refractivity contribution in [3.8, 4) is 0 Å². The van der Waals surface area contributed by atoms with Gasteiger partial charge in [-0.05, 0) is 50.3 Å². The number of hydrogen-bond donors (Lipinski definition) is 1. The number of aromatic carboxylic acids is 1. The molecule has 1 aromatic carbocycles. The van der Waals surface area contributed by atoms with Gasteiger partial charge in [0.2, 0.25) is 10.0 Å². The Morgan fingerprint density at radius 2 is 2.15 bits per heavy atom. The quantitative estimate of drug-likeness (QED) is 0.864. The molecule has 1 unspecified atom stereocenters. The van der Waals surface area contributed by atoms with E-state index in [1.807, 2.05) is 13.0 Å². The Kier molecular flexibility index (Phi) is 5.15. The summed E-state index contributed by atoms with van der Waals surface area (Å²) < 4.78 is 29.3. The number of rotatable bonds is 5. The highest BCUT2D eigenvalue weighted by Crippen LogP contribution is 2.31. The zero-order chi connectivity index (χ0) is 18.9. The number of nitrogens with zero attached hydrogens (tertiary/aromatic N) is 3. The normalized spacial score (nSPS) is 18.8. The summed E-state index contributed by atoms with van der Waals surface area (Å²) in [5, 5.41) is 13.3. The molecule has 2 heterocycles. The molecule has 3 rings (SSSR count). The van der Waals surface area contributed by atoms with Crippen molar-refractivity contribution in [1.82, 2.24) is 14.1 Å². The molecule has 0 saturated carbocycles. The average Bonchev–Trinajstić information content (AvgIpc) is 3.03. The van der Waals surface area contributed by atoms with E-state index in [4.69, 9.17) is 0 Å². The first-order valence-corrected chi connectivity index (χ1v) is 10.1. The van der Waals surface area contributed by atoms with Gasteiger partial charge >= 0.3 is 5.97 Å². The van der Waals surface area contributed by atoms with Crippen molar-refractivity contribution in [3.05, 3.63) is 47.3 Å². The van der Waals surface area contributed by atoms with Crippen molar-refractivity contribution in [2.75, 3.05) is 13.1 Å². The lowest BCUT2D eigenvalue weighted by Crippen LogP contribution is -2.39. The average molecular weight is 377 g/mol. The molecule has 140 valence electrons. The van der Waals surface area contributed by atoms with Gasteiger partial charge in [0.25, 0.3) is 0 Å². The van der Waals surface area contributed by atoms with Crippen LogP contribution in [0.15, 0.2) is 35.4 Å². The molecular formula is C18H23N3O4S. The lowest BCUT2D eigenvalue weighted by molar-refractivity contribution is 0.0696. The van der Waals surface area contributed by atoms with E-state index in [9.17, 15) is 18.3 Å². The number of carboxylic acids is 1. The minimum atomic E-state index is -3.62. The maximum atomic E-state index is 13.1. The number of hydrogen-bond acceptors (Lipinski definition) is 4. The lowest BCUT2D eigenvalue weighted by atomic mass is 9.91. The van der Waals surface area contributed by atoms with Gasteiger partial charge in [0, 0.05) is 19.6 Å². The summed E-state index contributed by atoms with van der Waals surface area (Å²) in [7, 11) is -3.62. The van der Waals surface area contributed by atoms with Crippen LogP contribution in [0.25, 0.3) is 0 Å². The van der Waals surface area contributed by atoms with Crippen LogP contribution in [-0.2, 0) is 16.6 Å². The number of aromatic nitrogens is 2. The third kappa shape index (κ3) is 3.39. The zero-order valence-electron chi connectivity index (χ0n) is 14.9. The molecule has 1 aliphatic heterocycles. The first-order valence-electron chi connectivity index (χ1n) is 8.70. The Hall–Kier alpha value is -2.19. The van der Waals surface area contributed by atoms with E-state index in [0.29, 0.717) is 25.3 Å². The van der Waals surface area contributed by atoms with E-state index in [1.54, 1.807) is 29.8 Å². The number of benzene rings is 1. The Balaban J connectivity index is 1.87. The molecular weight excluding hydrogens is 354 g/mol. The Morgan fingerprint density at radius 3 is 2.81 bits per heavy atom. The fourth-order valence-corrected chi connectivity index (χ4v) is 5.18. The highest BCUT2D eigenvalue weighted by molar-refractivity contribution is 7.89. The van der Waals surface area contributed by atoms with Crippen molar-refractivity contribution in [1.29, 1.82) is 0 Å². The monoisotopic (exact) mass is 377 g/mol. The molecule has 0 spiro atoms. The fraction of sp³-hybridized carbons (Fsp3) is 0.444. The molecule has 1 aliphatic rings. The largest absolute Gasteiger partial charge is 0.478 e. The number of carboxylic acid groups (broad SMARTS) is 1. The third-order valence-electron chi connectivity index (χ3n) is 4.96. The molecule has 2 aromatic rings. The molecule has 26 heavy (non-hydrogen) atoms. The van der Waals surface area contributed by atoms with Crippen molar-refractivity contribution >= 4 is 16.0 Å². The lowest BCUT2D eigenvalue weighted by Gasteiger charge is -2.32. The van der Waals surface area contributed by atoms with E-state index in [2.05, 4.69) is 5.10 Å². The maximum Gasteiger partial charge on any atom is 0.335 e. The van der Waals surface area contributed by atoms with Crippen LogP contribution >= 0.6 is 0 Å². The minimum Gasteiger partial charge on any atom is -0.478 e. The standard InChI is InChI=1S/C18H23N3O4S/c1-3-21-13(2)17(11-19-21)26(24,25)20-9-5-8-16(12-20)14-6-4-7-15(10-14)18(22)23/h4,6-7,10-11,16H,3,5,8-9,12H2,1-2H3,(H,22,23). The molecule has 1 N–H and O–H groups in total. The van der Waals surface area contributed by atoms with E-state index in [-0.39, 0.29) is 16.4 Å². The van der Waals surface area contributed by atoms with Crippen molar-refractivity contribution in [2.45, 2.75) is 44.0 Å². The second-order valence-electron chi connectivity index (χ2n) is 6.54. The number of sulfonamides is 1. The van der Waals surface area contributed by atoms with E-state index >= 15 is 0 Å². The molecule has 0 radical (unpaired) electrons. The fourth-order valence-electron chi connectivity index (χ4n) is 3.50. The Bertz CT molecular complexity index is 920. The van der Waals surface area contributed by atoms with Crippen LogP contribution in [0.5, 0.6) is 0 Å². The Morgan fingerprint density at radius 1 is 1.38 bits per heavy atom. The van der Waals surface area contributed by atoms with Crippen LogP contribution in [0.2, 0.25) is 0 Å². The predicted molar refractivity (Wildman–Crippen MR) is 96.8 cm³/mol. The molecule has 1 fully saturated rings. The number of carbonyl (C=O) groups is 1. The molecule has 1 aromatic heterocycles. The van der Waals surface area contributed by atoms with Gasteiger partial charge in [-0.25, -0.2) is 13.2 Å². The van der Waals surface area contributed by atoms with Crippen LogP contribution < -0.4 is 0 Å². The number of piperidine rings is 1. The van der Waals surface area contributed by atoms with Crippen LogP contribution in [0, 0.1) is 6.92 Å². The van der Waals surface area contributed by atoms with Gasteiger partial charge in [-0.15, -0.1) is 0 Å². The summed E-state index contributed by atoms with van der Waals surface area (Å²) >= 11 is 0. The summed E-state index contributed by atoms with van der Waals surface area (Å²) in [6.45, 7) is 5.12. The summed E-state index contributed by atoms with van der Waals surface area (Å²) in [5.41, 5.74) is 1.73. The zero-order valence-corrected chi connectivity index (χ0v) is 15.7. The van der Waals surface area contributed by atoms with Gasteiger partial charge in [-0.3, -0.25) is 4.68 Å². The molecule has 7 nitrogen and oxygen atoms in total. The summed E-state index contributed by atoms with van der Waals surface area (Å²) in [6.07, 6.45) is 2.99. The topological polar surface area (TPSA) is 92.5 Å². The van der Waals surface area contributed by atoms with Gasteiger partial charge in [-0.2, -0.15) is 9.40 Å². The second-order valence-corrected chi connectivity index (χ2v) is 8.45. The summed E-state index contributed by atoms with van der Waals surface area (Å²) in [4.78, 5) is 11.4. The van der Waals surface area contributed by atoms with Gasteiger partial charge in [0.15, 0.2) is 0 Å². The van der Waals surface area contributed by atoms with E-state index < -0.39 is 16.0 Å². The highest BCUT2D eigenvalue weighted by Gasteiger charge is 2.33. The van der Waals surface area contributed by atoms with Crippen molar-refractivity contribution in [3.63, 3.8) is 0 Å². The maximum absolute atomic E-state index is 13.1. The highest BCUT2D eigenvalue weighted by atomic mass is 32.2. The van der Waals surface area contributed by atoms with Crippen LogP contribution in [-0.4, -0.2) is 46.7 Å². The minimum absolute atomic E-state index is 0.0145. The van der Waals surface area contributed by atoms with Gasteiger partial charge < -0.3 is 5.11 Å². The van der Waals surface area contributed by atoms with Crippen molar-refractivity contribution < 1.29 is 18.3 Å². The smallest absolute Gasteiger partial charge is 0.335 e. The van der Waals surface area contributed by atoms with Crippen LogP contribution in [0.4, 0.5) is 0 Å². The SMILES string of the molecule is CCn1ncc(S(=O)(=O)N2CCCC(c3cccc(C(=O)O)c3)C2)c1C. The third-order valence-corrected chi connectivity index (χ3v) is 6.93. The molecule has 1 saturated heterocycles. The first-order chi connectivity index (χ1) is 12.3. The first kappa shape index (κ1) is 18.6. The van der Waals surface area contributed by atoms with Gasteiger partial charge in [0.1, 0.15) is 4.90 Å². The van der Waals surface area contributed by atoms with Gasteiger partial charge in [-0.1, -0.05) is 12.1 Å². The summed E-state index contributed by atoms with van der Waals surface area (Å²) in [5.74, 6) is -0.992. The molecule has 0 amide bonds. The molecule has 0 bridgehead atoms. The van der Waals surface area contributed by atoms with Crippen molar-refractivity contribution in [2.24, 2.45) is 0 Å². The second kappa shape index (κ2) is 7.20. The molecule has 0 aliphatic carbocycles. The Labute approximate surface area is 153 Å². The van der Waals surface area contributed by atoms with E-state index in [1.165, 1.54) is 10.5 Å². The van der Waals surface area contributed by atoms with E-state index in [0.717, 1.165) is 18.4 Å². The predicted octanol–water partition coefficient (Wildman–Crippen LogP) is 2.48. The molecule has 8 heteroatoms. The van der Waals surface area contributed by atoms with Crippen LogP contribution in [0.3, 0.4) is 0 Å². The van der Waals surface area contributed by atoms with Gasteiger partial charge in [0.05, 0.1) is 17.5 Å². The number of aryl methyl sites for hydroxylation is 1. The summed E-state index contributed by atoms with van der Waals surface area (Å²) in [6, 6.07) is 6.77.